The Morgan fingerprint density at radius 2 is 1.50 bits per heavy atom. The number of aryl methyl sites for hydroxylation is 1. The van der Waals surface area contributed by atoms with Gasteiger partial charge in [-0.05, 0) is 42.7 Å². The summed E-state index contributed by atoms with van der Waals surface area (Å²) in [7, 11) is 0. The van der Waals surface area contributed by atoms with Crippen molar-refractivity contribution in [2.45, 2.75) is 78.6 Å². The number of unbranched alkanes of at least 4 members (excludes halogenated alkanes) is 2. The minimum Gasteiger partial charge on any atom is -0.508 e. The van der Waals surface area contributed by atoms with Crippen LogP contribution in [0, 0.1) is 0 Å². The molecule has 0 saturated heterocycles. The zero-order chi connectivity index (χ0) is 15.3. The van der Waals surface area contributed by atoms with Gasteiger partial charge >= 0.3 is 0 Å². The van der Waals surface area contributed by atoms with Crippen LogP contribution in [0.4, 0.5) is 0 Å². The molecular formula is C18H30O2. The third-order valence-electron chi connectivity index (χ3n) is 3.79. The highest BCUT2D eigenvalue weighted by Gasteiger charge is 2.26. The molecule has 0 aliphatic rings. The third-order valence-corrected chi connectivity index (χ3v) is 3.79. The molecule has 0 aliphatic carbocycles. The van der Waals surface area contributed by atoms with Gasteiger partial charge in [-0.3, -0.25) is 0 Å². The van der Waals surface area contributed by atoms with Gasteiger partial charge in [0.15, 0.2) is 0 Å². The summed E-state index contributed by atoms with van der Waals surface area (Å²) in [6.07, 6.45) is 5.89. The molecule has 114 valence electrons. The summed E-state index contributed by atoms with van der Waals surface area (Å²) in [5.74, 6) is 0.752. The molecule has 0 aromatic heterocycles. The van der Waals surface area contributed by atoms with Crippen molar-refractivity contribution >= 4 is 0 Å². The number of phenolic OH excluding ortho intramolecular Hbond substituents is 2. The van der Waals surface area contributed by atoms with Crippen molar-refractivity contribution in [2.75, 3.05) is 0 Å². The number of rotatable bonds is 6. The van der Waals surface area contributed by atoms with Crippen LogP contribution >= 0.6 is 0 Å². The lowest BCUT2D eigenvalue weighted by Gasteiger charge is -2.26. The average molecular weight is 278 g/mol. The average Bonchev–Trinajstić information content (AvgIpc) is 2.35. The van der Waals surface area contributed by atoms with Gasteiger partial charge in [0.25, 0.3) is 0 Å². The van der Waals surface area contributed by atoms with Gasteiger partial charge in [0.2, 0.25) is 0 Å². The molecule has 0 bridgehead atoms. The molecule has 0 amide bonds. The topological polar surface area (TPSA) is 40.5 Å². The van der Waals surface area contributed by atoms with E-state index in [1.807, 2.05) is 0 Å². The first-order chi connectivity index (χ1) is 9.32. The van der Waals surface area contributed by atoms with E-state index in [4.69, 9.17) is 0 Å². The second-order valence-corrected chi connectivity index (χ2v) is 6.71. The Hall–Kier alpha value is -1.18. The molecule has 0 atom stereocenters. The summed E-state index contributed by atoms with van der Waals surface area (Å²) in [5, 5.41) is 21.0. The van der Waals surface area contributed by atoms with Crippen LogP contribution in [0.15, 0.2) is 6.07 Å². The number of hydrogen-bond donors (Lipinski definition) is 2. The summed E-state index contributed by atoms with van der Waals surface area (Å²) in [5.41, 5.74) is 2.58. The molecule has 0 spiro atoms. The third kappa shape index (κ3) is 3.91. The van der Waals surface area contributed by atoms with E-state index in [9.17, 15) is 10.2 Å². The van der Waals surface area contributed by atoms with Crippen molar-refractivity contribution in [3.63, 3.8) is 0 Å². The minimum absolute atomic E-state index is 0.160. The molecule has 0 aliphatic heterocycles. The van der Waals surface area contributed by atoms with E-state index in [1.165, 1.54) is 0 Å². The van der Waals surface area contributed by atoms with E-state index in [1.54, 1.807) is 6.07 Å². The highest BCUT2D eigenvalue weighted by atomic mass is 16.3. The lowest BCUT2D eigenvalue weighted by molar-refractivity contribution is 0.420. The van der Waals surface area contributed by atoms with E-state index < -0.39 is 0 Å². The van der Waals surface area contributed by atoms with Crippen LogP contribution in [0.1, 0.15) is 77.0 Å². The van der Waals surface area contributed by atoms with Crippen LogP contribution in [0.3, 0.4) is 0 Å². The quantitative estimate of drug-likeness (QED) is 0.712. The Morgan fingerprint density at radius 3 is 2.00 bits per heavy atom. The molecule has 2 heteroatoms. The smallest absolute Gasteiger partial charge is 0.123 e. The number of aromatic hydroxyl groups is 2. The molecule has 0 saturated carbocycles. The normalized spacial score (nSPS) is 11.8. The summed E-state index contributed by atoms with van der Waals surface area (Å²) < 4.78 is 0. The highest BCUT2D eigenvalue weighted by molar-refractivity contribution is 5.55. The predicted molar refractivity (Wildman–Crippen MR) is 85.7 cm³/mol. The lowest BCUT2D eigenvalue weighted by atomic mass is 9.79. The Balaban J connectivity index is 3.34. The van der Waals surface area contributed by atoms with Gasteiger partial charge in [0.1, 0.15) is 11.5 Å². The fraction of sp³-hybridized carbons (Fsp3) is 0.667. The Morgan fingerprint density at radius 1 is 0.950 bits per heavy atom. The van der Waals surface area contributed by atoms with Crippen LogP contribution in [-0.2, 0) is 18.3 Å². The van der Waals surface area contributed by atoms with Crippen LogP contribution in [0.25, 0.3) is 0 Å². The van der Waals surface area contributed by atoms with E-state index in [-0.39, 0.29) is 5.41 Å². The second kappa shape index (κ2) is 7.01. The van der Waals surface area contributed by atoms with Crippen LogP contribution in [-0.4, -0.2) is 10.2 Å². The van der Waals surface area contributed by atoms with E-state index in [0.29, 0.717) is 11.5 Å². The maximum Gasteiger partial charge on any atom is 0.123 e. The first kappa shape index (κ1) is 16.9. The molecule has 20 heavy (non-hydrogen) atoms. The van der Waals surface area contributed by atoms with E-state index >= 15 is 0 Å². The maximum absolute atomic E-state index is 10.6. The van der Waals surface area contributed by atoms with Gasteiger partial charge < -0.3 is 10.2 Å². The molecule has 1 aromatic rings. The molecule has 0 radical (unpaired) electrons. The van der Waals surface area contributed by atoms with Gasteiger partial charge in [-0.2, -0.15) is 0 Å². The summed E-state index contributed by atoms with van der Waals surface area (Å²) >= 11 is 0. The number of hydrogen-bond acceptors (Lipinski definition) is 2. The predicted octanol–water partition coefficient (Wildman–Crippen LogP) is 5.08. The fourth-order valence-corrected chi connectivity index (χ4v) is 2.72. The number of benzene rings is 1. The van der Waals surface area contributed by atoms with E-state index in [2.05, 4.69) is 34.6 Å². The van der Waals surface area contributed by atoms with Crippen molar-refractivity contribution in [1.82, 2.24) is 0 Å². The largest absolute Gasteiger partial charge is 0.508 e. The first-order valence-electron chi connectivity index (χ1n) is 7.90. The molecule has 2 N–H and O–H groups in total. The zero-order valence-corrected chi connectivity index (χ0v) is 13.7. The molecule has 1 aromatic carbocycles. The molecular weight excluding hydrogens is 248 g/mol. The SMILES string of the molecule is CCCCc1cc(O)c(CCCC)c(C(C)(C)C)c1O. The van der Waals surface area contributed by atoms with E-state index in [0.717, 1.165) is 55.2 Å². The highest BCUT2D eigenvalue weighted by Crippen LogP contribution is 2.41. The van der Waals surface area contributed by atoms with Gasteiger partial charge in [-0.15, -0.1) is 0 Å². The molecule has 0 unspecified atom stereocenters. The van der Waals surface area contributed by atoms with Crippen molar-refractivity contribution in [2.24, 2.45) is 0 Å². The zero-order valence-electron chi connectivity index (χ0n) is 13.7. The van der Waals surface area contributed by atoms with Crippen LogP contribution in [0.5, 0.6) is 11.5 Å². The van der Waals surface area contributed by atoms with Gasteiger partial charge in [-0.25, -0.2) is 0 Å². The Labute approximate surface area is 123 Å². The van der Waals surface area contributed by atoms with Crippen LogP contribution in [0.2, 0.25) is 0 Å². The lowest BCUT2D eigenvalue weighted by Crippen LogP contribution is -2.16. The monoisotopic (exact) mass is 278 g/mol. The van der Waals surface area contributed by atoms with Crippen molar-refractivity contribution in [3.8, 4) is 11.5 Å². The van der Waals surface area contributed by atoms with Crippen molar-refractivity contribution in [1.29, 1.82) is 0 Å². The van der Waals surface area contributed by atoms with Crippen LogP contribution < -0.4 is 0 Å². The Bertz CT molecular complexity index is 442. The fourth-order valence-electron chi connectivity index (χ4n) is 2.72. The summed E-state index contributed by atoms with van der Waals surface area (Å²) in [4.78, 5) is 0. The van der Waals surface area contributed by atoms with Gasteiger partial charge in [-0.1, -0.05) is 47.5 Å². The molecule has 2 nitrogen and oxygen atoms in total. The summed E-state index contributed by atoms with van der Waals surface area (Å²) in [6.45, 7) is 10.6. The van der Waals surface area contributed by atoms with Crippen molar-refractivity contribution in [3.05, 3.63) is 22.8 Å². The number of phenols is 2. The first-order valence-corrected chi connectivity index (χ1v) is 7.90. The summed E-state index contributed by atoms with van der Waals surface area (Å²) in [6, 6.07) is 1.77. The van der Waals surface area contributed by atoms with Gasteiger partial charge in [0, 0.05) is 11.1 Å². The van der Waals surface area contributed by atoms with Gasteiger partial charge in [0.05, 0.1) is 0 Å². The minimum atomic E-state index is -0.160. The molecule has 0 heterocycles. The molecule has 0 fully saturated rings. The molecule has 1 rings (SSSR count). The second-order valence-electron chi connectivity index (χ2n) is 6.71. The maximum atomic E-state index is 10.6. The Kier molecular flexibility index (Phi) is 5.91. The van der Waals surface area contributed by atoms with Crippen molar-refractivity contribution < 1.29 is 10.2 Å². The standard InChI is InChI=1S/C18H30O2/c1-6-8-10-13-12-15(19)14(11-9-7-2)16(17(13)20)18(3,4)5/h12,19-20H,6-11H2,1-5H3.